The average molecular weight is 483 g/mol. The van der Waals surface area contributed by atoms with E-state index >= 15 is 0 Å². The highest BCUT2D eigenvalue weighted by Gasteiger charge is 2.68. The van der Waals surface area contributed by atoms with Crippen molar-refractivity contribution in [3.63, 3.8) is 0 Å². The van der Waals surface area contributed by atoms with Crippen molar-refractivity contribution >= 4 is 13.7 Å². The molecule has 6 nitrogen and oxygen atoms in total. The van der Waals surface area contributed by atoms with Gasteiger partial charge in [-0.25, -0.2) is 4.79 Å². The molecule has 1 amide bonds. The van der Waals surface area contributed by atoms with Gasteiger partial charge in [0.15, 0.2) is 0 Å². The molecule has 2 N–H and O–H groups in total. The van der Waals surface area contributed by atoms with Crippen molar-refractivity contribution in [2.24, 2.45) is 0 Å². The topological polar surface area (TPSA) is 84.9 Å². The van der Waals surface area contributed by atoms with Crippen LogP contribution < -0.4 is 5.32 Å². The van der Waals surface area contributed by atoms with Crippen molar-refractivity contribution in [3.05, 3.63) is 71.8 Å². The van der Waals surface area contributed by atoms with Gasteiger partial charge in [0.1, 0.15) is 6.61 Å². The highest BCUT2D eigenvalue weighted by molar-refractivity contribution is 7.54. The summed E-state index contributed by atoms with van der Waals surface area (Å²) in [7, 11) is -5.54. The normalized spacial score (nSPS) is 15.8. The number of ether oxygens (including phenoxy) is 1. The summed E-state index contributed by atoms with van der Waals surface area (Å²) in [6.07, 6.45) is -8.95. The van der Waals surface area contributed by atoms with Gasteiger partial charge in [-0.1, -0.05) is 67.3 Å². The van der Waals surface area contributed by atoms with Gasteiger partial charge < -0.3 is 14.2 Å². The molecular weight excluding hydrogens is 458 g/mol. The summed E-state index contributed by atoms with van der Waals surface area (Å²) in [4.78, 5) is 22.8. The fourth-order valence-electron chi connectivity index (χ4n) is 2.68. The molecule has 0 fully saturated rings. The molecule has 10 heteroatoms. The van der Waals surface area contributed by atoms with E-state index in [1.807, 2.05) is 0 Å². The molecule has 3 atom stereocenters. The second kappa shape index (κ2) is 11.4. The summed E-state index contributed by atoms with van der Waals surface area (Å²) in [6.45, 7) is 2.60. The number of hydrogen-bond acceptors (Lipinski definition) is 4. The molecule has 0 bridgehead atoms. The summed E-state index contributed by atoms with van der Waals surface area (Å²) in [5, 5.41) is -2.13. The quantitative estimate of drug-likeness (QED) is 0.377. The first-order valence-corrected chi connectivity index (χ1v) is 11.7. The number of alkyl halides is 3. The first kappa shape index (κ1) is 26.5. The average Bonchev–Trinajstić information content (AvgIpc) is 2.77. The van der Waals surface area contributed by atoms with Gasteiger partial charge in [0, 0.05) is 5.56 Å². The van der Waals surface area contributed by atoms with Crippen LogP contribution in [0, 0.1) is 11.8 Å². The number of amides is 1. The predicted molar refractivity (Wildman–Crippen MR) is 117 cm³/mol. The van der Waals surface area contributed by atoms with E-state index in [1.54, 1.807) is 72.9 Å². The summed E-state index contributed by atoms with van der Waals surface area (Å²) in [5.41, 5.74) is 0.924. The number of nitrogens with one attached hydrogen (secondary N) is 1. The van der Waals surface area contributed by atoms with Crippen LogP contribution in [0.1, 0.15) is 37.8 Å². The zero-order valence-electron chi connectivity index (χ0n) is 18.1. The molecule has 33 heavy (non-hydrogen) atoms. The maximum Gasteiger partial charge on any atom is 0.424 e. The third-order valence-corrected chi connectivity index (χ3v) is 6.86. The van der Waals surface area contributed by atoms with E-state index < -0.39 is 37.7 Å². The number of hydrogen-bond donors (Lipinski definition) is 2. The largest absolute Gasteiger partial charge is 0.445 e. The van der Waals surface area contributed by atoms with Crippen LogP contribution in [-0.4, -0.2) is 28.5 Å². The third-order valence-electron chi connectivity index (χ3n) is 4.72. The Kier molecular flexibility index (Phi) is 9.12. The smallest absolute Gasteiger partial charge is 0.424 e. The Morgan fingerprint density at radius 2 is 1.70 bits per heavy atom. The SMILES string of the molecule is CCC(C)OP(=O)(O)C(CC#Cc1ccccc1)(NC(=O)OCc1ccccc1)C(F)(F)F. The monoisotopic (exact) mass is 483 g/mol. The zero-order valence-corrected chi connectivity index (χ0v) is 19.0. The maximum absolute atomic E-state index is 14.3. The van der Waals surface area contributed by atoms with Crippen LogP contribution in [0.4, 0.5) is 18.0 Å². The van der Waals surface area contributed by atoms with E-state index in [1.165, 1.54) is 6.92 Å². The molecule has 2 aromatic rings. The van der Waals surface area contributed by atoms with E-state index in [0.29, 0.717) is 11.1 Å². The third kappa shape index (κ3) is 7.10. The van der Waals surface area contributed by atoms with E-state index in [-0.39, 0.29) is 13.0 Å². The molecule has 0 saturated carbocycles. The summed E-state index contributed by atoms with van der Waals surface area (Å²) in [6, 6.07) is 16.4. The van der Waals surface area contributed by atoms with Crippen molar-refractivity contribution in [1.82, 2.24) is 5.32 Å². The van der Waals surface area contributed by atoms with E-state index in [9.17, 15) is 27.4 Å². The van der Waals surface area contributed by atoms with E-state index in [0.717, 1.165) is 0 Å². The van der Waals surface area contributed by atoms with Gasteiger partial charge in [-0.2, -0.15) is 13.2 Å². The van der Waals surface area contributed by atoms with Crippen LogP contribution in [-0.2, 0) is 20.4 Å². The molecule has 0 heterocycles. The van der Waals surface area contributed by atoms with Gasteiger partial charge in [0.05, 0.1) is 12.5 Å². The van der Waals surface area contributed by atoms with Gasteiger partial charge in [-0.15, -0.1) is 0 Å². The van der Waals surface area contributed by atoms with Gasteiger partial charge >= 0.3 is 19.9 Å². The highest BCUT2D eigenvalue weighted by atomic mass is 31.2. The lowest BCUT2D eigenvalue weighted by molar-refractivity contribution is -0.173. The van der Waals surface area contributed by atoms with Crippen LogP contribution in [0.25, 0.3) is 0 Å². The van der Waals surface area contributed by atoms with Crippen molar-refractivity contribution < 1.29 is 36.7 Å². The molecule has 178 valence electrons. The Morgan fingerprint density at radius 3 is 2.24 bits per heavy atom. The number of benzene rings is 2. The Labute approximate surface area is 190 Å². The van der Waals surface area contributed by atoms with Crippen LogP contribution in [0.2, 0.25) is 0 Å². The van der Waals surface area contributed by atoms with Crippen LogP contribution in [0.5, 0.6) is 0 Å². The van der Waals surface area contributed by atoms with Gasteiger partial charge in [-0.05, 0) is 31.0 Å². The second-order valence-corrected chi connectivity index (χ2v) is 9.25. The van der Waals surface area contributed by atoms with E-state index in [2.05, 4.69) is 11.8 Å². The van der Waals surface area contributed by atoms with Crippen molar-refractivity contribution in [1.29, 1.82) is 0 Å². The van der Waals surface area contributed by atoms with Crippen LogP contribution >= 0.6 is 7.60 Å². The highest BCUT2D eigenvalue weighted by Crippen LogP contribution is 2.63. The number of alkyl carbamates (subject to hydrolysis) is 1. The fourth-order valence-corrected chi connectivity index (χ4v) is 4.33. The minimum absolute atomic E-state index is 0.173. The van der Waals surface area contributed by atoms with Gasteiger partial charge in [-0.3, -0.25) is 9.88 Å². The molecular formula is C23H25F3NO5P. The second-order valence-electron chi connectivity index (χ2n) is 7.23. The minimum Gasteiger partial charge on any atom is -0.445 e. The number of carbonyl (C=O) groups excluding carboxylic acids is 1. The van der Waals surface area contributed by atoms with Crippen molar-refractivity contribution in [2.75, 3.05) is 0 Å². The lowest BCUT2D eigenvalue weighted by Crippen LogP contribution is -2.58. The Morgan fingerprint density at radius 1 is 1.12 bits per heavy atom. The lowest BCUT2D eigenvalue weighted by Gasteiger charge is -2.37. The van der Waals surface area contributed by atoms with Crippen LogP contribution in [0.15, 0.2) is 60.7 Å². The molecule has 0 spiro atoms. The van der Waals surface area contributed by atoms with Crippen molar-refractivity contribution in [2.45, 2.75) is 50.9 Å². The maximum atomic E-state index is 14.3. The Balaban J connectivity index is 2.39. The lowest BCUT2D eigenvalue weighted by atomic mass is 10.1. The molecule has 0 saturated heterocycles. The minimum atomic E-state index is -5.54. The van der Waals surface area contributed by atoms with E-state index in [4.69, 9.17) is 9.26 Å². The molecule has 2 aromatic carbocycles. The van der Waals surface area contributed by atoms with Crippen LogP contribution in [0.3, 0.4) is 0 Å². The predicted octanol–water partition coefficient (Wildman–Crippen LogP) is 5.61. The molecule has 0 aromatic heterocycles. The molecule has 3 unspecified atom stereocenters. The Hall–Kier alpha value is -2.79. The first-order chi connectivity index (χ1) is 15.5. The number of carbonyl (C=O) groups is 1. The molecule has 0 aliphatic carbocycles. The summed E-state index contributed by atoms with van der Waals surface area (Å²) in [5.74, 6) is 4.79. The summed E-state index contributed by atoms with van der Waals surface area (Å²) < 4.78 is 65.7. The number of halogens is 3. The molecule has 0 aliphatic heterocycles. The van der Waals surface area contributed by atoms with Gasteiger partial charge in [0.25, 0.3) is 5.28 Å². The zero-order chi connectivity index (χ0) is 24.5. The fraction of sp³-hybridized carbons (Fsp3) is 0.348. The summed E-state index contributed by atoms with van der Waals surface area (Å²) >= 11 is 0. The molecule has 0 aliphatic rings. The van der Waals surface area contributed by atoms with Gasteiger partial charge in [0.2, 0.25) is 0 Å². The van der Waals surface area contributed by atoms with Crippen molar-refractivity contribution in [3.8, 4) is 11.8 Å². The first-order valence-electron chi connectivity index (χ1n) is 10.1. The Bertz CT molecular complexity index is 1020. The standard InChI is InChI=1S/C23H25F3NO5P/c1-3-18(2)32-33(29,30)22(23(24,25)26,16-10-15-19-11-6-4-7-12-19)27-21(28)31-17-20-13-8-5-9-14-20/h4-9,11-14,18H,3,16-17H2,1-2H3,(H,27,28)(H,29,30). The number of rotatable bonds is 8. The molecule has 2 rings (SSSR count). The molecule has 0 radical (unpaired) electrons.